The monoisotopic (exact) mass is 282 g/mol. The molecule has 1 aromatic carbocycles. The first-order valence-electron chi connectivity index (χ1n) is 6.23. The van der Waals surface area contributed by atoms with Crippen molar-refractivity contribution in [1.82, 2.24) is 4.90 Å². The van der Waals surface area contributed by atoms with Crippen molar-refractivity contribution in [1.29, 1.82) is 0 Å². The van der Waals surface area contributed by atoms with Gasteiger partial charge < -0.3 is 4.90 Å². The highest BCUT2D eigenvalue weighted by Crippen LogP contribution is 2.29. The Morgan fingerprint density at radius 1 is 1.53 bits per heavy atom. The van der Waals surface area contributed by atoms with E-state index in [0.29, 0.717) is 19.0 Å². The van der Waals surface area contributed by atoms with Gasteiger partial charge in [-0.2, -0.15) is 0 Å². The molecule has 0 bridgehead atoms. The predicted molar refractivity (Wildman–Crippen MR) is 72.4 cm³/mol. The number of halogens is 1. The van der Waals surface area contributed by atoms with Crippen LogP contribution < -0.4 is 0 Å². The third kappa shape index (κ3) is 2.87. The summed E-state index contributed by atoms with van der Waals surface area (Å²) in [4.78, 5) is 24.3. The number of benzene rings is 1. The van der Waals surface area contributed by atoms with E-state index < -0.39 is 4.92 Å². The molecule has 0 saturated carbocycles. The van der Waals surface area contributed by atoms with Gasteiger partial charge in [0.2, 0.25) is 0 Å². The molecule has 0 aromatic heterocycles. The van der Waals surface area contributed by atoms with E-state index in [2.05, 4.69) is 6.92 Å². The molecule has 1 unspecified atom stereocenters. The summed E-state index contributed by atoms with van der Waals surface area (Å²) in [5, 5.41) is 10.7. The predicted octanol–water partition coefficient (Wildman–Crippen LogP) is 3.12. The second-order valence-electron chi connectivity index (χ2n) is 4.89. The van der Waals surface area contributed by atoms with Crippen LogP contribution in [0.3, 0.4) is 0 Å². The normalized spacial score (nSPS) is 19.3. The number of hydrogen-bond donors (Lipinski definition) is 0. The van der Waals surface area contributed by atoms with Gasteiger partial charge >= 0.3 is 0 Å². The Morgan fingerprint density at radius 2 is 2.26 bits per heavy atom. The zero-order valence-corrected chi connectivity index (χ0v) is 11.4. The highest BCUT2D eigenvalue weighted by atomic mass is 35.5. The van der Waals surface area contributed by atoms with Crippen LogP contribution in [-0.4, -0.2) is 28.8 Å². The van der Waals surface area contributed by atoms with Crippen molar-refractivity contribution in [2.75, 3.05) is 13.1 Å². The summed E-state index contributed by atoms with van der Waals surface area (Å²) in [6, 6.07) is 4.33. The number of carbonyl (C=O) groups is 1. The fourth-order valence-electron chi connectivity index (χ4n) is 2.37. The molecule has 0 radical (unpaired) electrons. The van der Waals surface area contributed by atoms with Gasteiger partial charge in [-0.05, 0) is 24.8 Å². The van der Waals surface area contributed by atoms with Gasteiger partial charge in [0, 0.05) is 19.2 Å². The van der Waals surface area contributed by atoms with Crippen molar-refractivity contribution in [3.8, 4) is 0 Å². The van der Waals surface area contributed by atoms with Gasteiger partial charge in [-0.3, -0.25) is 14.9 Å². The SMILES string of the molecule is CC1CCCN(C(=O)c2cccc([N+](=O)[O-])c2Cl)C1. The average molecular weight is 283 g/mol. The lowest BCUT2D eigenvalue weighted by molar-refractivity contribution is -0.384. The quantitative estimate of drug-likeness (QED) is 0.618. The van der Waals surface area contributed by atoms with E-state index in [1.807, 2.05) is 0 Å². The van der Waals surface area contributed by atoms with E-state index in [9.17, 15) is 14.9 Å². The first kappa shape index (κ1) is 13.8. The highest BCUT2D eigenvalue weighted by molar-refractivity contribution is 6.35. The van der Waals surface area contributed by atoms with Gasteiger partial charge in [-0.15, -0.1) is 0 Å². The van der Waals surface area contributed by atoms with Gasteiger partial charge in [0.25, 0.3) is 11.6 Å². The number of nitro groups is 1. The lowest BCUT2D eigenvalue weighted by Crippen LogP contribution is -2.39. The second kappa shape index (κ2) is 5.57. The van der Waals surface area contributed by atoms with Gasteiger partial charge in [0.1, 0.15) is 5.02 Å². The molecule has 1 aromatic rings. The maximum absolute atomic E-state index is 12.4. The zero-order chi connectivity index (χ0) is 14.0. The molecule has 0 aliphatic carbocycles. The number of likely N-dealkylation sites (tertiary alicyclic amines) is 1. The van der Waals surface area contributed by atoms with Crippen LogP contribution in [0.1, 0.15) is 30.1 Å². The van der Waals surface area contributed by atoms with E-state index >= 15 is 0 Å². The topological polar surface area (TPSA) is 63.5 Å². The zero-order valence-electron chi connectivity index (χ0n) is 10.6. The van der Waals surface area contributed by atoms with Crippen molar-refractivity contribution < 1.29 is 9.72 Å². The van der Waals surface area contributed by atoms with Crippen LogP contribution in [0, 0.1) is 16.0 Å². The third-order valence-electron chi connectivity index (χ3n) is 3.35. The van der Waals surface area contributed by atoms with Crippen molar-refractivity contribution in [2.24, 2.45) is 5.92 Å². The Kier molecular flexibility index (Phi) is 4.04. The lowest BCUT2D eigenvalue weighted by atomic mass is 9.99. The Labute approximate surface area is 116 Å². The fourth-order valence-corrected chi connectivity index (χ4v) is 2.65. The number of carbonyl (C=O) groups excluding carboxylic acids is 1. The van der Waals surface area contributed by atoms with Crippen molar-refractivity contribution in [3.05, 3.63) is 38.9 Å². The van der Waals surface area contributed by atoms with Crippen molar-refractivity contribution in [3.63, 3.8) is 0 Å². The molecule has 102 valence electrons. The second-order valence-corrected chi connectivity index (χ2v) is 5.27. The minimum Gasteiger partial charge on any atom is -0.338 e. The molecule has 1 aliphatic heterocycles. The number of hydrogen-bond acceptors (Lipinski definition) is 3. The largest absolute Gasteiger partial charge is 0.338 e. The standard InChI is InChI=1S/C13H15ClN2O3/c1-9-4-3-7-15(8-9)13(17)10-5-2-6-11(12(10)14)16(18)19/h2,5-6,9H,3-4,7-8H2,1H3. The minimum atomic E-state index is -0.571. The summed E-state index contributed by atoms with van der Waals surface area (Å²) >= 11 is 5.97. The van der Waals surface area contributed by atoms with E-state index in [4.69, 9.17) is 11.6 Å². The molecule has 0 spiro atoms. The van der Waals surface area contributed by atoms with E-state index in [1.165, 1.54) is 18.2 Å². The molecular formula is C13H15ClN2O3. The summed E-state index contributed by atoms with van der Waals surface area (Å²) in [5.74, 6) is 0.232. The van der Waals surface area contributed by atoms with Crippen LogP contribution in [0.2, 0.25) is 5.02 Å². The fraction of sp³-hybridized carbons (Fsp3) is 0.462. The molecule has 1 aliphatic rings. The maximum Gasteiger partial charge on any atom is 0.288 e. The van der Waals surface area contributed by atoms with E-state index in [0.717, 1.165) is 12.8 Å². The Morgan fingerprint density at radius 3 is 2.89 bits per heavy atom. The molecule has 6 heteroatoms. The number of nitro benzene ring substituents is 1. The van der Waals surface area contributed by atoms with Gasteiger partial charge in [0.05, 0.1) is 10.5 Å². The van der Waals surface area contributed by atoms with Crippen LogP contribution in [-0.2, 0) is 0 Å². The summed E-state index contributed by atoms with van der Waals surface area (Å²) in [5.41, 5.74) is -0.0115. The molecule has 2 rings (SSSR count). The lowest BCUT2D eigenvalue weighted by Gasteiger charge is -2.31. The molecular weight excluding hydrogens is 268 g/mol. The number of amides is 1. The first-order chi connectivity index (χ1) is 9.00. The minimum absolute atomic E-state index is 0.0734. The van der Waals surface area contributed by atoms with Crippen LogP contribution in [0.25, 0.3) is 0 Å². The van der Waals surface area contributed by atoms with Gasteiger partial charge in [0.15, 0.2) is 0 Å². The van der Waals surface area contributed by atoms with Crippen LogP contribution >= 0.6 is 11.6 Å². The molecule has 5 nitrogen and oxygen atoms in total. The molecule has 1 fully saturated rings. The average Bonchev–Trinajstić information content (AvgIpc) is 2.38. The molecule has 0 N–H and O–H groups in total. The molecule has 1 saturated heterocycles. The van der Waals surface area contributed by atoms with E-state index in [1.54, 1.807) is 4.90 Å². The smallest absolute Gasteiger partial charge is 0.288 e. The number of nitrogens with zero attached hydrogens (tertiary/aromatic N) is 2. The Bertz CT molecular complexity index is 519. The van der Waals surface area contributed by atoms with Gasteiger partial charge in [-0.25, -0.2) is 0 Å². The van der Waals surface area contributed by atoms with E-state index in [-0.39, 0.29) is 22.2 Å². The van der Waals surface area contributed by atoms with Crippen LogP contribution in [0.5, 0.6) is 0 Å². The molecule has 19 heavy (non-hydrogen) atoms. The summed E-state index contributed by atoms with van der Waals surface area (Å²) in [6.45, 7) is 3.45. The van der Waals surface area contributed by atoms with Crippen LogP contribution in [0.15, 0.2) is 18.2 Å². The Hall–Kier alpha value is -1.62. The highest BCUT2D eigenvalue weighted by Gasteiger charge is 2.26. The molecule has 1 heterocycles. The van der Waals surface area contributed by atoms with Gasteiger partial charge in [-0.1, -0.05) is 24.6 Å². The van der Waals surface area contributed by atoms with Crippen LogP contribution in [0.4, 0.5) is 5.69 Å². The maximum atomic E-state index is 12.4. The summed E-state index contributed by atoms with van der Waals surface area (Å²) in [7, 11) is 0. The molecule has 1 amide bonds. The molecule has 1 atom stereocenters. The summed E-state index contributed by atoms with van der Waals surface area (Å²) < 4.78 is 0. The number of rotatable bonds is 2. The Balaban J connectivity index is 2.28. The van der Waals surface area contributed by atoms with Crippen molar-refractivity contribution >= 4 is 23.2 Å². The third-order valence-corrected chi connectivity index (χ3v) is 3.75. The number of piperidine rings is 1. The van der Waals surface area contributed by atoms with Crippen molar-refractivity contribution in [2.45, 2.75) is 19.8 Å². The summed E-state index contributed by atoms with van der Waals surface area (Å²) in [6.07, 6.45) is 2.06. The first-order valence-corrected chi connectivity index (χ1v) is 6.60.